The number of carbonyl (C=O) groups is 1. The van der Waals surface area contributed by atoms with Crippen molar-refractivity contribution in [1.29, 1.82) is 0 Å². The molecule has 27 heavy (non-hydrogen) atoms. The van der Waals surface area contributed by atoms with Crippen LogP contribution >= 0.6 is 11.8 Å². The van der Waals surface area contributed by atoms with E-state index in [9.17, 15) is 4.79 Å². The van der Waals surface area contributed by atoms with Gasteiger partial charge in [-0.05, 0) is 56.5 Å². The first kappa shape index (κ1) is 17.7. The summed E-state index contributed by atoms with van der Waals surface area (Å²) in [6.45, 7) is 3.90. The fraction of sp³-hybridized carbons (Fsp3) is 0.300. The van der Waals surface area contributed by atoms with Gasteiger partial charge in [-0.15, -0.1) is 10.2 Å². The van der Waals surface area contributed by atoms with Crippen LogP contribution in [0.5, 0.6) is 0 Å². The molecule has 1 saturated carbocycles. The van der Waals surface area contributed by atoms with Crippen molar-refractivity contribution in [3.05, 3.63) is 54.4 Å². The van der Waals surface area contributed by atoms with Gasteiger partial charge in [0.2, 0.25) is 5.91 Å². The monoisotopic (exact) mass is 379 g/mol. The molecule has 1 amide bonds. The summed E-state index contributed by atoms with van der Waals surface area (Å²) in [5, 5.41) is 12.2. The zero-order chi connectivity index (χ0) is 18.8. The highest BCUT2D eigenvalue weighted by Gasteiger charge is 2.31. The Morgan fingerprint density at radius 3 is 2.70 bits per heavy atom. The van der Waals surface area contributed by atoms with E-state index in [1.165, 1.54) is 11.8 Å². The zero-order valence-electron chi connectivity index (χ0n) is 15.3. The summed E-state index contributed by atoms with van der Waals surface area (Å²) in [7, 11) is 0. The Labute approximate surface area is 162 Å². The summed E-state index contributed by atoms with van der Waals surface area (Å²) in [5.41, 5.74) is 2.92. The summed E-state index contributed by atoms with van der Waals surface area (Å²) >= 11 is 1.45. The molecule has 6 nitrogen and oxygen atoms in total. The molecule has 1 N–H and O–H groups in total. The number of rotatable bonds is 6. The van der Waals surface area contributed by atoms with Crippen LogP contribution in [-0.4, -0.2) is 30.9 Å². The molecule has 0 saturated heterocycles. The predicted octanol–water partition coefficient (Wildman–Crippen LogP) is 4.10. The topological polar surface area (TPSA) is 72.7 Å². The molecule has 0 unspecified atom stereocenters. The Kier molecular flexibility index (Phi) is 4.94. The first-order chi connectivity index (χ1) is 13.1. The van der Waals surface area contributed by atoms with Gasteiger partial charge in [0.15, 0.2) is 11.0 Å². The molecule has 0 radical (unpaired) electrons. The van der Waals surface area contributed by atoms with Crippen LogP contribution in [0.2, 0.25) is 0 Å². The first-order valence-electron chi connectivity index (χ1n) is 9.01. The van der Waals surface area contributed by atoms with E-state index in [4.69, 9.17) is 0 Å². The second-order valence-electron chi connectivity index (χ2n) is 6.76. The van der Waals surface area contributed by atoms with Gasteiger partial charge >= 0.3 is 0 Å². The molecule has 2 heterocycles. The Balaban J connectivity index is 1.52. The summed E-state index contributed by atoms with van der Waals surface area (Å²) < 4.78 is 2.16. The summed E-state index contributed by atoms with van der Waals surface area (Å²) in [6, 6.07) is 12.1. The first-order valence-corrected chi connectivity index (χ1v) is 9.89. The second-order valence-corrected chi connectivity index (χ2v) is 8.07. The number of carbonyl (C=O) groups excluding carboxylic acids is 1. The lowest BCUT2D eigenvalue weighted by molar-refractivity contribution is -0.115. The maximum atomic E-state index is 12.6. The molecule has 1 aliphatic carbocycles. The number of hydrogen-bond acceptors (Lipinski definition) is 5. The van der Waals surface area contributed by atoms with E-state index in [2.05, 4.69) is 25.1 Å². The molecule has 0 bridgehead atoms. The van der Waals surface area contributed by atoms with Crippen LogP contribution in [-0.2, 0) is 4.79 Å². The average Bonchev–Trinajstić information content (AvgIpc) is 3.42. The van der Waals surface area contributed by atoms with Gasteiger partial charge in [-0.3, -0.25) is 14.3 Å². The third kappa shape index (κ3) is 4.03. The lowest BCUT2D eigenvalue weighted by Gasteiger charge is -2.13. The maximum absolute atomic E-state index is 12.6. The average molecular weight is 379 g/mol. The van der Waals surface area contributed by atoms with Crippen molar-refractivity contribution in [3.8, 4) is 11.4 Å². The number of benzene rings is 1. The zero-order valence-corrected chi connectivity index (χ0v) is 16.1. The minimum atomic E-state index is -0.280. The number of nitrogens with one attached hydrogen (secondary N) is 1. The molecule has 1 fully saturated rings. The lowest BCUT2D eigenvalue weighted by Crippen LogP contribution is -2.23. The molecule has 0 spiro atoms. The minimum absolute atomic E-state index is 0.0404. The number of anilines is 1. The van der Waals surface area contributed by atoms with Crippen LogP contribution < -0.4 is 5.32 Å². The van der Waals surface area contributed by atoms with E-state index in [0.717, 1.165) is 40.6 Å². The highest BCUT2D eigenvalue weighted by atomic mass is 32.2. The molecule has 0 aliphatic heterocycles. The molecular formula is C20H21N5OS. The normalized spacial score (nSPS) is 14.7. The van der Waals surface area contributed by atoms with Crippen LogP contribution in [0.4, 0.5) is 5.69 Å². The van der Waals surface area contributed by atoms with Gasteiger partial charge in [0.25, 0.3) is 0 Å². The Morgan fingerprint density at radius 1 is 1.22 bits per heavy atom. The quantitative estimate of drug-likeness (QED) is 0.653. The fourth-order valence-corrected chi connectivity index (χ4v) is 3.81. The van der Waals surface area contributed by atoms with Gasteiger partial charge in [-0.2, -0.15) is 0 Å². The largest absolute Gasteiger partial charge is 0.325 e. The van der Waals surface area contributed by atoms with Gasteiger partial charge < -0.3 is 5.32 Å². The highest BCUT2D eigenvalue weighted by Crippen LogP contribution is 2.41. The van der Waals surface area contributed by atoms with E-state index < -0.39 is 0 Å². The maximum Gasteiger partial charge on any atom is 0.237 e. The molecule has 2 aromatic heterocycles. The lowest BCUT2D eigenvalue weighted by atomic mass is 10.2. The number of pyridine rings is 1. The number of nitrogens with zero attached hydrogens (tertiary/aromatic N) is 4. The van der Waals surface area contributed by atoms with Crippen molar-refractivity contribution in [1.82, 2.24) is 19.7 Å². The van der Waals surface area contributed by atoms with Crippen molar-refractivity contribution in [2.75, 3.05) is 5.32 Å². The Morgan fingerprint density at radius 2 is 2.00 bits per heavy atom. The molecule has 4 rings (SSSR count). The van der Waals surface area contributed by atoms with E-state index in [1.54, 1.807) is 12.4 Å². The second kappa shape index (κ2) is 7.52. The van der Waals surface area contributed by atoms with Crippen LogP contribution in [0, 0.1) is 6.92 Å². The van der Waals surface area contributed by atoms with E-state index in [1.807, 2.05) is 50.2 Å². The van der Waals surface area contributed by atoms with Gasteiger partial charge in [0, 0.05) is 29.7 Å². The van der Waals surface area contributed by atoms with Gasteiger partial charge in [-0.1, -0.05) is 23.9 Å². The third-order valence-corrected chi connectivity index (χ3v) is 5.51. The molecule has 1 atom stereocenters. The number of aryl methyl sites for hydroxylation is 1. The molecule has 138 valence electrons. The minimum Gasteiger partial charge on any atom is -0.325 e. The van der Waals surface area contributed by atoms with E-state index >= 15 is 0 Å². The van der Waals surface area contributed by atoms with Gasteiger partial charge in [-0.25, -0.2) is 0 Å². The summed E-state index contributed by atoms with van der Waals surface area (Å²) in [5.74, 6) is 0.801. The molecule has 1 aliphatic rings. The van der Waals surface area contributed by atoms with Crippen molar-refractivity contribution in [2.45, 2.75) is 43.1 Å². The number of amides is 1. The number of aromatic nitrogens is 4. The third-order valence-electron chi connectivity index (χ3n) is 4.45. The van der Waals surface area contributed by atoms with Crippen molar-refractivity contribution >= 4 is 23.4 Å². The van der Waals surface area contributed by atoms with Crippen molar-refractivity contribution in [2.24, 2.45) is 0 Å². The number of hydrogen-bond donors (Lipinski definition) is 1. The van der Waals surface area contributed by atoms with E-state index in [-0.39, 0.29) is 11.2 Å². The fourth-order valence-electron chi connectivity index (χ4n) is 2.90. The summed E-state index contributed by atoms with van der Waals surface area (Å²) in [4.78, 5) is 16.7. The Hall–Kier alpha value is -2.67. The molecule has 3 aromatic rings. The van der Waals surface area contributed by atoms with Crippen LogP contribution in [0.15, 0.2) is 53.9 Å². The van der Waals surface area contributed by atoms with E-state index in [0.29, 0.717) is 6.04 Å². The van der Waals surface area contributed by atoms with Gasteiger partial charge in [0.05, 0.1) is 5.25 Å². The smallest absolute Gasteiger partial charge is 0.237 e. The number of thioether (sulfide) groups is 1. The Bertz CT molecular complexity index is 952. The SMILES string of the molecule is Cc1cccc(NC(=O)[C@H](C)Sc2nnc(-c3ccncc3)n2C2CC2)c1. The van der Waals surface area contributed by atoms with Crippen molar-refractivity contribution in [3.63, 3.8) is 0 Å². The standard InChI is InChI=1S/C20H21N5OS/c1-13-4-3-5-16(12-13)22-19(26)14(2)27-20-24-23-18(25(20)17-6-7-17)15-8-10-21-11-9-15/h3-5,8-12,14,17H,6-7H2,1-2H3,(H,22,26)/t14-/m0/s1. The summed E-state index contributed by atoms with van der Waals surface area (Å²) in [6.07, 6.45) is 5.75. The van der Waals surface area contributed by atoms with Crippen LogP contribution in [0.25, 0.3) is 11.4 Å². The predicted molar refractivity (Wildman–Crippen MR) is 107 cm³/mol. The molecule has 1 aromatic carbocycles. The molecule has 7 heteroatoms. The molecular weight excluding hydrogens is 358 g/mol. The van der Waals surface area contributed by atoms with Gasteiger partial charge in [0.1, 0.15) is 0 Å². The van der Waals surface area contributed by atoms with Crippen molar-refractivity contribution < 1.29 is 4.79 Å². The highest BCUT2D eigenvalue weighted by molar-refractivity contribution is 8.00. The van der Waals surface area contributed by atoms with Crippen LogP contribution in [0.3, 0.4) is 0 Å². The van der Waals surface area contributed by atoms with Crippen LogP contribution in [0.1, 0.15) is 31.4 Å².